The van der Waals surface area contributed by atoms with Gasteiger partial charge in [0.2, 0.25) is 5.91 Å². The summed E-state index contributed by atoms with van der Waals surface area (Å²) in [5.74, 6) is -0.173. The van der Waals surface area contributed by atoms with Gasteiger partial charge in [0.1, 0.15) is 5.75 Å². The highest BCUT2D eigenvalue weighted by atomic mass is 32.2. The molecule has 0 fully saturated rings. The first kappa shape index (κ1) is 25.7. The van der Waals surface area contributed by atoms with Crippen molar-refractivity contribution >= 4 is 33.2 Å². The Labute approximate surface area is 215 Å². The van der Waals surface area contributed by atoms with Gasteiger partial charge in [-0.1, -0.05) is 66.7 Å². The van der Waals surface area contributed by atoms with E-state index < -0.39 is 15.1 Å². The highest BCUT2D eigenvalue weighted by Crippen LogP contribution is 2.29. The summed E-state index contributed by atoms with van der Waals surface area (Å²) < 4.78 is 28.1. The fourth-order valence-electron chi connectivity index (χ4n) is 3.70. The second-order valence-electron chi connectivity index (χ2n) is 8.52. The predicted octanol–water partition coefficient (Wildman–Crippen LogP) is 5.37. The Morgan fingerprint density at radius 2 is 1.67 bits per heavy atom. The van der Waals surface area contributed by atoms with E-state index >= 15 is 0 Å². The molecule has 3 aromatic carbocycles. The number of aryl methyl sites for hydroxylation is 2. The van der Waals surface area contributed by atoms with Crippen LogP contribution in [0.25, 0.3) is 5.69 Å². The number of aromatic nitrogens is 3. The number of para-hydroxylation sites is 1. The van der Waals surface area contributed by atoms with Crippen molar-refractivity contribution in [1.29, 1.82) is 0 Å². The number of amides is 1. The third-order valence-corrected chi connectivity index (χ3v) is 8.55. The molecule has 36 heavy (non-hydrogen) atoms. The van der Waals surface area contributed by atoms with Crippen molar-refractivity contribution < 1.29 is 13.2 Å². The van der Waals surface area contributed by atoms with Crippen LogP contribution in [0.4, 0.5) is 5.69 Å². The summed E-state index contributed by atoms with van der Waals surface area (Å²) in [5, 5.41) is 11.5. The molecule has 0 aliphatic carbocycles. The first-order chi connectivity index (χ1) is 17.3. The Morgan fingerprint density at radius 1 is 0.944 bits per heavy atom. The fraction of sp³-hybridized carbons (Fsp3) is 0.222. The van der Waals surface area contributed by atoms with Crippen molar-refractivity contribution in [3.05, 3.63) is 95.8 Å². The number of carbonyl (C=O) groups excluding carboxylic acids is 1. The van der Waals surface area contributed by atoms with E-state index in [4.69, 9.17) is 0 Å². The monoisotopic (exact) mass is 520 g/mol. The zero-order valence-electron chi connectivity index (χ0n) is 20.4. The minimum atomic E-state index is -3.65. The lowest BCUT2D eigenvalue weighted by molar-refractivity contribution is -0.115. The molecule has 4 aromatic rings. The van der Waals surface area contributed by atoms with Crippen molar-refractivity contribution in [2.45, 2.75) is 48.2 Å². The van der Waals surface area contributed by atoms with E-state index in [0.717, 1.165) is 22.5 Å². The number of hydrogen-bond donors (Lipinski definition) is 1. The lowest BCUT2D eigenvalue weighted by Crippen LogP contribution is -2.25. The van der Waals surface area contributed by atoms with E-state index in [0.29, 0.717) is 17.4 Å². The lowest BCUT2D eigenvalue weighted by Gasteiger charge is -2.16. The summed E-state index contributed by atoms with van der Waals surface area (Å²) in [6.07, 6.45) is 0.557. The average molecular weight is 521 g/mol. The number of nitrogens with zero attached hydrogens (tertiary/aromatic N) is 3. The molecule has 1 unspecified atom stereocenters. The number of benzene rings is 3. The number of sulfone groups is 1. The van der Waals surface area contributed by atoms with Crippen LogP contribution in [0.15, 0.2) is 88.9 Å². The molecule has 1 heterocycles. The number of nitrogens with one attached hydrogen (secondary N) is 1. The number of rotatable bonds is 9. The highest BCUT2D eigenvalue weighted by Gasteiger charge is 2.26. The fourth-order valence-corrected chi connectivity index (χ4v) is 5.94. The molecule has 1 aromatic heterocycles. The summed E-state index contributed by atoms with van der Waals surface area (Å²) in [4.78, 5) is 13.3. The Bertz CT molecular complexity index is 1450. The van der Waals surface area contributed by atoms with Crippen molar-refractivity contribution in [1.82, 2.24) is 14.8 Å². The van der Waals surface area contributed by atoms with E-state index in [1.807, 2.05) is 75.4 Å². The summed E-state index contributed by atoms with van der Waals surface area (Å²) in [6, 6.07) is 23.7. The van der Waals surface area contributed by atoms with E-state index in [-0.39, 0.29) is 16.6 Å². The molecule has 0 saturated carbocycles. The SMILES string of the molecule is CCC(Sc1nnc(CS(=O)(=O)c2ccc(C)cc2)n1-c1ccccc1)C(=O)Nc1cccc(C)c1. The van der Waals surface area contributed by atoms with Crippen LogP contribution in [-0.2, 0) is 20.4 Å². The maximum Gasteiger partial charge on any atom is 0.237 e. The molecule has 0 radical (unpaired) electrons. The Morgan fingerprint density at radius 3 is 2.33 bits per heavy atom. The molecule has 7 nitrogen and oxygen atoms in total. The van der Waals surface area contributed by atoms with Crippen LogP contribution in [0.3, 0.4) is 0 Å². The standard InChI is InChI=1S/C27H28N4O3S2/c1-4-24(26(32)28-21-10-8-9-20(3)17-21)35-27-30-29-25(31(27)22-11-6-5-7-12-22)18-36(33,34)23-15-13-19(2)14-16-23/h5-17,24H,4,18H2,1-3H3,(H,28,32). The summed E-state index contributed by atoms with van der Waals surface area (Å²) in [7, 11) is -3.65. The van der Waals surface area contributed by atoms with E-state index in [1.54, 1.807) is 28.8 Å². The molecule has 1 amide bonds. The largest absolute Gasteiger partial charge is 0.325 e. The average Bonchev–Trinajstić information content (AvgIpc) is 3.24. The van der Waals surface area contributed by atoms with Gasteiger partial charge in [-0.3, -0.25) is 9.36 Å². The maximum absolute atomic E-state index is 13.2. The van der Waals surface area contributed by atoms with Crippen LogP contribution in [0.5, 0.6) is 0 Å². The van der Waals surface area contributed by atoms with E-state index in [2.05, 4.69) is 15.5 Å². The van der Waals surface area contributed by atoms with Gasteiger partial charge in [0.05, 0.1) is 10.1 Å². The van der Waals surface area contributed by atoms with E-state index in [1.165, 1.54) is 11.8 Å². The number of hydrogen-bond acceptors (Lipinski definition) is 6. The van der Waals surface area contributed by atoms with Gasteiger partial charge < -0.3 is 5.32 Å². The zero-order chi connectivity index (χ0) is 25.7. The molecule has 1 atom stereocenters. The molecular weight excluding hydrogens is 492 g/mol. The quantitative estimate of drug-likeness (QED) is 0.298. The Hall–Kier alpha value is -3.43. The van der Waals surface area contributed by atoms with Gasteiger partial charge in [0.15, 0.2) is 20.8 Å². The first-order valence-corrected chi connectivity index (χ1v) is 14.1. The number of carbonyl (C=O) groups is 1. The summed E-state index contributed by atoms with van der Waals surface area (Å²) in [6.45, 7) is 5.81. The molecule has 186 valence electrons. The van der Waals surface area contributed by atoms with Crippen LogP contribution in [0, 0.1) is 13.8 Å². The van der Waals surface area contributed by atoms with Gasteiger partial charge in [-0.25, -0.2) is 8.42 Å². The smallest absolute Gasteiger partial charge is 0.237 e. The topological polar surface area (TPSA) is 93.9 Å². The molecule has 4 rings (SSSR count). The lowest BCUT2D eigenvalue weighted by atomic mass is 10.2. The van der Waals surface area contributed by atoms with Gasteiger partial charge in [-0.15, -0.1) is 10.2 Å². The molecule has 0 aliphatic rings. The first-order valence-electron chi connectivity index (χ1n) is 11.6. The number of anilines is 1. The van der Waals surface area contributed by atoms with Gasteiger partial charge >= 0.3 is 0 Å². The molecule has 0 spiro atoms. The Kier molecular flexibility index (Phi) is 7.91. The molecule has 1 N–H and O–H groups in total. The van der Waals surface area contributed by atoms with Crippen molar-refractivity contribution in [2.24, 2.45) is 0 Å². The maximum atomic E-state index is 13.2. The molecule has 0 aliphatic heterocycles. The Balaban J connectivity index is 1.64. The third kappa shape index (κ3) is 6.03. The number of thioether (sulfide) groups is 1. The van der Waals surface area contributed by atoms with Crippen molar-refractivity contribution in [3.8, 4) is 5.69 Å². The second kappa shape index (κ2) is 11.1. The van der Waals surface area contributed by atoms with Gasteiger partial charge in [0, 0.05) is 11.4 Å². The van der Waals surface area contributed by atoms with E-state index in [9.17, 15) is 13.2 Å². The minimum Gasteiger partial charge on any atom is -0.325 e. The predicted molar refractivity (Wildman–Crippen MR) is 143 cm³/mol. The second-order valence-corrected chi connectivity index (χ2v) is 11.7. The molecule has 9 heteroatoms. The highest BCUT2D eigenvalue weighted by molar-refractivity contribution is 8.00. The van der Waals surface area contributed by atoms with Crippen molar-refractivity contribution in [3.63, 3.8) is 0 Å². The molecule has 0 saturated heterocycles. The van der Waals surface area contributed by atoms with Gasteiger partial charge in [-0.05, 0) is 62.2 Å². The van der Waals surface area contributed by atoms with Crippen molar-refractivity contribution in [2.75, 3.05) is 5.32 Å². The van der Waals surface area contributed by atoms with Crippen LogP contribution < -0.4 is 5.32 Å². The summed E-state index contributed by atoms with van der Waals surface area (Å²) in [5.41, 5.74) is 3.49. The molecular formula is C27H28N4O3S2. The van der Waals surface area contributed by atoms with Gasteiger partial charge in [-0.2, -0.15) is 0 Å². The van der Waals surface area contributed by atoms with Gasteiger partial charge in [0.25, 0.3) is 0 Å². The zero-order valence-corrected chi connectivity index (χ0v) is 22.0. The van der Waals surface area contributed by atoms with Crippen LogP contribution in [0.2, 0.25) is 0 Å². The third-order valence-electron chi connectivity index (χ3n) is 5.61. The van der Waals surface area contributed by atoms with Crippen LogP contribution >= 0.6 is 11.8 Å². The van der Waals surface area contributed by atoms with Crippen LogP contribution in [0.1, 0.15) is 30.3 Å². The summed E-state index contributed by atoms with van der Waals surface area (Å²) >= 11 is 1.27. The minimum absolute atomic E-state index is 0.149. The molecule has 0 bridgehead atoms. The normalized spacial score (nSPS) is 12.3. The van der Waals surface area contributed by atoms with Crippen LogP contribution in [-0.4, -0.2) is 34.3 Å².